The molecule has 4 aromatic rings. The van der Waals surface area contributed by atoms with E-state index in [0.717, 1.165) is 36.0 Å². The third-order valence-corrected chi connectivity index (χ3v) is 10.1. The fourth-order valence-corrected chi connectivity index (χ4v) is 8.02. The summed E-state index contributed by atoms with van der Waals surface area (Å²) < 4.78 is 0. The van der Waals surface area contributed by atoms with E-state index in [4.69, 9.17) is 0 Å². The van der Waals surface area contributed by atoms with Crippen LogP contribution in [0.15, 0.2) is 96.5 Å². The van der Waals surface area contributed by atoms with Gasteiger partial charge in [-0.05, 0) is 58.7 Å². The molecule has 7 rings (SSSR count). The summed E-state index contributed by atoms with van der Waals surface area (Å²) in [4.78, 5) is 46.4. The zero-order chi connectivity index (χ0) is 28.8. The van der Waals surface area contributed by atoms with Gasteiger partial charge in [0, 0.05) is 17.5 Å². The maximum absolute atomic E-state index is 14.9. The Bertz CT molecular complexity index is 1710. The highest BCUT2D eigenvalue weighted by molar-refractivity contribution is 7.12. The fourth-order valence-electron chi connectivity index (χ4n) is 7.33. The zero-order valence-corrected chi connectivity index (χ0v) is 24.3. The Balaban J connectivity index is 1.44. The van der Waals surface area contributed by atoms with Crippen LogP contribution in [0.3, 0.4) is 0 Å². The van der Waals surface area contributed by atoms with Crippen LogP contribution < -0.4 is 5.32 Å². The number of para-hydroxylation sites is 1. The number of hydrogen-bond donors (Lipinski definition) is 1. The smallest absolute Gasteiger partial charge is 0.238 e. The lowest BCUT2D eigenvalue weighted by atomic mass is 9.62. The summed E-state index contributed by atoms with van der Waals surface area (Å²) in [5.41, 5.74) is 3.81. The van der Waals surface area contributed by atoms with Crippen LogP contribution in [0.5, 0.6) is 0 Å². The third-order valence-electron chi connectivity index (χ3n) is 9.19. The summed E-state index contributed by atoms with van der Waals surface area (Å²) in [5, 5.41) is 4.99. The number of unbranched alkanes of at least 4 members (excludes halogenated alkanes) is 2. The number of fused-ring (bicyclic) bond motifs is 6. The largest absolute Gasteiger partial charge is 0.358 e. The minimum atomic E-state index is -1.30. The van der Waals surface area contributed by atoms with E-state index in [2.05, 4.69) is 12.2 Å². The molecule has 0 bridgehead atoms. The number of aryl methyl sites for hydroxylation is 1. The summed E-state index contributed by atoms with van der Waals surface area (Å²) in [6.07, 6.45) is 8.29. The number of rotatable bonds is 8. The normalized spacial score (nSPS) is 23.4. The van der Waals surface area contributed by atoms with Crippen LogP contribution in [-0.2, 0) is 16.6 Å². The molecule has 1 N–H and O–H groups in total. The Morgan fingerprint density at radius 2 is 1.69 bits per heavy atom. The van der Waals surface area contributed by atoms with Gasteiger partial charge < -0.3 is 10.2 Å². The predicted octanol–water partition coefficient (Wildman–Crippen LogP) is 7.46. The summed E-state index contributed by atoms with van der Waals surface area (Å²) in [6.45, 7) is 2.19. The molecule has 1 aromatic heterocycles. The van der Waals surface area contributed by atoms with Crippen molar-refractivity contribution in [2.45, 2.75) is 50.1 Å². The van der Waals surface area contributed by atoms with Crippen molar-refractivity contribution in [1.29, 1.82) is 0 Å². The number of benzene rings is 3. The maximum atomic E-state index is 14.9. The summed E-state index contributed by atoms with van der Waals surface area (Å²) >= 11 is 1.37. The van der Waals surface area contributed by atoms with Gasteiger partial charge in [-0.15, -0.1) is 11.3 Å². The molecule has 0 aliphatic carbocycles. The summed E-state index contributed by atoms with van der Waals surface area (Å²) in [6, 6.07) is 25.7. The molecule has 210 valence electrons. The van der Waals surface area contributed by atoms with Gasteiger partial charge in [-0.1, -0.05) is 92.6 Å². The number of thiophene rings is 1. The number of nitrogens with zero attached hydrogens (tertiary/aromatic N) is 1. The Kier molecular flexibility index (Phi) is 6.66. The van der Waals surface area contributed by atoms with E-state index in [9.17, 15) is 14.4 Å². The number of hydrogen-bond acceptors (Lipinski definition) is 5. The second-order valence-corrected chi connectivity index (χ2v) is 12.4. The number of Topliss-reactive ketones (excluding diaryl/α,β-unsaturated/α-hetero) is 2. The molecule has 0 saturated carbocycles. The van der Waals surface area contributed by atoms with Crippen LogP contribution in [0.25, 0.3) is 6.08 Å². The van der Waals surface area contributed by atoms with Gasteiger partial charge in [0.25, 0.3) is 0 Å². The van der Waals surface area contributed by atoms with Crippen LogP contribution >= 0.6 is 11.3 Å². The molecule has 1 spiro atoms. The van der Waals surface area contributed by atoms with E-state index in [1.165, 1.54) is 23.3 Å². The van der Waals surface area contributed by atoms with Gasteiger partial charge in [0.1, 0.15) is 11.5 Å². The van der Waals surface area contributed by atoms with Crippen molar-refractivity contribution in [1.82, 2.24) is 4.90 Å². The lowest BCUT2D eigenvalue weighted by Crippen LogP contribution is -2.49. The van der Waals surface area contributed by atoms with Crippen molar-refractivity contribution in [2.24, 2.45) is 5.92 Å². The molecule has 1 amide bonds. The first-order valence-corrected chi connectivity index (χ1v) is 15.6. The van der Waals surface area contributed by atoms with Crippen molar-refractivity contribution in [2.75, 3.05) is 5.32 Å². The lowest BCUT2D eigenvalue weighted by molar-refractivity contribution is -0.122. The number of ketones is 2. The van der Waals surface area contributed by atoms with Crippen molar-refractivity contribution < 1.29 is 14.4 Å². The first kappa shape index (κ1) is 26.6. The molecule has 0 radical (unpaired) electrons. The van der Waals surface area contributed by atoms with Gasteiger partial charge in [-0.3, -0.25) is 14.4 Å². The molecular formula is C36H32N2O3S. The monoisotopic (exact) mass is 572 g/mol. The molecule has 3 aromatic carbocycles. The minimum absolute atomic E-state index is 0.136. The van der Waals surface area contributed by atoms with Gasteiger partial charge in [0.2, 0.25) is 5.91 Å². The van der Waals surface area contributed by atoms with Crippen LogP contribution in [0.4, 0.5) is 5.69 Å². The van der Waals surface area contributed by atoms with E-state index >= 15 is 0 Å². The SMILES string of the molecule is CCCCCc1ccc(C(=O)[C@@H]2[C@H](C(=O)c3cccs3)N3C=Cc4ccccc4[C@@H]3[C@]23C(=O)Nc2ccccc23)cc1. The van der Waals surface area contributed by atoms with E-state index in [-0.39, 0.29) is 17.5 Å². The van der Waals surface area contributed by atoms with Gasteiger partial charge in [0.15, 0.2) is 11.6 Å². The highest BCUT2D eigenvalue weighted by Crippen LogP contribution is 2.62. The fraction of sp³-hybridized carbons (Fsp3) is 0.250. The maximum Gasteiger partial charge on any atom is 0.238 e. The Hall–Kier alpha value is -4.29. The van der Waals surface area contributed by atoms with Crippen LogP contribution in [0.2, 0.25) is 0 Å². The van der Waals surface area contributed by atoms with E-state index in [1.807, 2.05) is 107 Å². The Labute approximate surface area is 249 Å². The molecule has 0 unspecified atom stereocenters. The second-order valence-electron chi connectivity index (χ2n) is 11.4. The van der Waals surface area contributed by atoms with Crippen molar-refractivity contribution in [3.8, 4) is 0 Å². The molecular weight excluding hydrogens is 540 g/mol. The first-order valence-electron chi connectivity index (χ1n) is 14.7. The van der Waals surface area contributed by atoms with Gasteiger partial charge in [0.05, 0.1) is 16.8 Å². The van der Waals surface area contributed by atoms with E-state index in [1.54, 1.807) is 0 Å². The topological polar surface area (TPSA) is 66.5 Å². The minimum Gasteiger partial charge on any atom is -0.358 e. The van der Waals surface area contributed by atoms with Gasteiger partial charge in [-0.2, -0.15) is 0 Å². The molecule has 4 atom stereocenters. The number of carbonyl (C=O) groups is 3. The molecule has 6 heteroatoms. The summed E-state index contributed by atoms with van der Waals surface area (Å²) in [7, 11) is 0. The number of amides is 1. The van der Waals surface area contributed by atoms with E-state index < -0.39 is 23.4 Å². The van der Waals surface area contributed by atoms with E-state index in [0.29, 0.717) is 16.1 Å². The standard InChI is InChI=1S/C36H32N2O3S/c1-2-3-4-10-23-16-18-25(19-17-23)32(39)30-31(33(40)29-15-9-22-42-29)38-21-20-24-11-5-6-12-26(24)34(38)36(30)27-13-7-8-14-28(27)37-35(36)41/h5-9,11-22,30-31,34H,2-4,10H2,1H3,(H,37,41)/t30-,31+,34+,36+/m0/s1. The van der Waals surface area contributed by atoms with Crippen molar-refractivity contribution in [3.63, 3.8) is 0 Å². The van der Waals surface area contributed by atoms with Crippen LogP contribution in [-0.4, -0.2) is 28.4 Å². The predicted molar refractivity (Wildman–Crippen MR) is 167 cm³/mol. The first-order chi connectivity index (χ1) is 20.6. The molecule has 1 saturated heterocycles. The molecule has 42 heavy (non-hydrogen) atoms. The molecule has 4 heterocycles. The average Bonchev–Trinajstić information content (AvgIpc) is 3.74. The molecule has 3 aliphatic heterocycles. The van der Waals surface area contributed by atoms with Gasteiger partial charge in [-0.25, -0.2) is 0 Å². The van der Waals surface area contributed by atoms with Crippen LogP contribution in [0, 0.1) is 5.92 Å². The summed E-state index contributed by atoms with van der Waals surface area (Å²) in [5.74, 6) is -1.50. The Morgan fingerprint density at radius 3 is 2.48 bits per heavy atom. The van der Waals surface area contributed by atoms with Crippen molar-refractivity contribution in [3.05, 3.63) is 129 Å². The quantitative estimate of drug-likeness (QED) is 0.176. The van der Waals surface area contributed by atoms with Crippen LogP contribution in [0.1, 0.15) is 74.5 Å². The number of nitrogens with one attached hydrogen (secondary N) is 1. The zero-order valence-electron chi connectivity index (χ0n) is 23.5. The number of anilines is 1. The molecule has 5 nitrogen and oxygen atoms in total. The number of carbonyl (C=O) groups excluding carboxylic acids is 3. The molecule has 3 aliphatic rings. The van der Waals surface area contributed by atoms with Crippen molar-refractivity contribution >= 4 is 40.6 Å². The average molecular weight is 573 g/mol. The third kappa shape index (κ3) is 3.92. The lowest BCUT2D eigenvalue weighted by Gasteiger charge is -2.38. The highest BCUT2D eigenvalue weighted by atomic mass is 32.1. The second kappa shape index (κ2) is 10.5. The highest BCUT2D eigenvalue weighted by Gasteiger charge is 2.70. The molecule has 1 fully saturated rings. The Morgan fingerprint density at radius 1 is 0.905 bits per heavy atom. The van der Waals surface area contributed by atoms with Gasteiger partial charge >= 0.3 is 0 Å².